The first-order valence-corrected chi connectivity index (χ1v) is 39.3. The van der Waals surface area contributed by atoms with E-state index in [0.29, 0.717) is 56.6 Å². The van der Waals surface area contributed by atoms with Crippen molar-refractivity contribution >= 4 is 113 Å². The molecule has 0 unspecified atom stereocenters. The molecule has 118 heavy (non-hydrogen) atoms. The molecule has 3 aliphatic rings. The Balaban J connectivity index is 0.000000113. The predicted molar refractivity (Wildman–Crippen MR) is 451 cm³/mol. The molecule has 20 rings (SSSR count). The number of halogens is 10. The third-order valence-electron chi connectivity index (χ3n) is 21.1. The van der Waals surface area contributed by atoms with Gasteiger partial charge in [0.1, 0.15) is 11.6 Å². The Bertz CT molecular complexity index is 6560. The quantitative estimate of drug-likeness (QED) is 0.0506. The number of fused-ring (bicyclic) bond motifs is 7. The number of pyridine rings is 4. The van der Waals surface area contributed by atoms with Gasteiger partial charge in [-0.1, -0.05) is 151 Å². The Kier molecular flexibility index (Phi) is 21.9. The van der Waals surface area contributed by atoms with Gasteiger partial charge in [-0.3, -0.25) is 35.3 Å². The highest BCUT2D eigenvalue weighted by atomic mass is 35.5. The summed E-state index contributed by atoms with van der Waals surface area (Å²) in [4.78, 5) is 19.0. The van der Waals surface area contributed by atoms with Crippen LogP contribution < -0.4 is 21.3 Å². The monoisotopic (exact) mass is 1620 g/mol. The Hall–Kier alpha value is -13.3. The lowest BCUT2D eigenvalue weighted by atomic mass is 9.92. The average Bonchev–Trinajstić information content (AvgIpc) is 1.17. The first kappa shape index (κ1) is 77.3. The molecule has 0 saturated heterocycles. The summed E-state index contributed by atoms with van der Waals surface area (Å²) in [5, 5.41) is 47.3. The van der Waals surface area contributed by atoms with E-state index >= 15 is 0 Å². The van der Waals surface area contributed by atoms with Crippen molar-refractivity contribution < 1.29 is 35.1 Å². The SMILES string of the molecule is Clc1ccccc1-c1cc(Nc2n[nH]c3ccccc23)c2c(n1)CCCC2.FC(F)(F)c1ccccc1-c1cc(Nc2n[nH]c3ccccc23)c2c(n1)CCCC2.Fc1ccc2[nH]nc(Nc3cc(-c4ccccc4)nc(-c4ccccc4Cl)c3)c2c1.Fc1ccc2[nH]nc(Nc3cc(-c4ccccc4C(F)(F)F)nc4c3CCCC4)c2c1. The summed E-state index contributed by atoms with van der Waals surface area (Å²) < 4.78 is 109. The minimum atomic E-state index is -4.49. The molecule has 0 atom stereocenters. The van der Waals surface area contributed by atoms with Gasteiger partial charge in [0.25, 0.3) is 0 Å². The van der Waals surface area contributed by atoms with E-state index in [0.717, 1.165) is 181 Å². The van der Waals surface area contributed by atoms with Crippen molar-refractivity contribution in [2.24, 2.45) is 0 Å². The number of hydrogen-bond donors (Lipinski definition) is 8. The Morgan fingerprint density at radius 1 is 0.297 bits per heavy atom. The summed E-state index contributed by atoms with van der Waals surface area (Å²) in [6.07, 6.45) is 2.45. The first-order chi connectivity index (χ1) is 57.4. The van der Waals surface area contributed by atoms with E-state index in [4.69, 9.17) is 33.2 Å². The molecule has 0 aliphatic heterocycles. The molecule has 0 radical (unpaired) electrons. The van der Waals surface area contributed by atoms with Crippen LogP contribution in [-0.4, -0.2) is 60.7 Å². The fourth-order valence-corrected chi connectivity index (χ4v) is 15.9. The van der Waals surface area contributed by atoms with Crippen LogP contribution in [0.1, 0.15) is 83.4 Å². The molecule has 8 aromatic heterocycles. The van der Waals surface area contributed by atoms with Crippen LogP contribution in [0, 0.1) is 11.6 Å². The van der Waals surface area contributed by atoms with Gasteiger partial charge in [-0.05, 0) is 209 Å². The number of nitrogens with one attached hydrogen (secondary N) is 8. The molecule has 16 nitrogen and oxygen atoms in total. The number of anilines is 8. The number of alkyl halides is 6. The van der Waals surface area contributed by atoms with Gasteiger partial charge in [0.2, 0.25) is 0 Å². The van der Waals surface area contributed by atoms with Crippen molar-refractivity contribution in [3.8, 4) is 56.3 Å². The summed E-state index contributed by atoms with van der Waals surface area (Å²) in [7, 11) is 0. The van der Waals surface area contributed by atoms with E-state index in [2.05, 4.69) is 84.2 Å². The first-order valence-electron chi connectivity index (χ1n) is 38.6. The van der Waals surface area contributed by atoms with Gasteiger partial charge in [0.15, 0.2) is 23.3 Å². The van der Waals surface area contributed by atoms with Crippen LogP contribution in [0.2, 0.25) is 10.0 Å². The molecule has 0 bridgehead atoms. The Labute approximate surface area is 681 Å². The van der Waals surface area contributed by atoms with Gasteiger partial charge in [0, 0.05) is 99.2 Å². The second-order valence-corrected chi connectivity index (χ2v) is 29.7. The number of benzene rings is 9. The van der Waals surface area contributed by atoms with Crippen molar-refractivity contribution in [1.82, 2.24) is 60.7 Å². The Morgan fingerprint density at radius 3 is 1.05 bits per heavy atom. The molecule has 0 spiro atoms. The highest BCUT2D eigenvalue weighted by molar-refractivity contribution is 6.33. The summed E-state index contributed by atoms with van der Waals surface area (Å²) in [5.74, 6) is 1.74. The van der Waals surface area contributed by atoms with E-state index in [-0.39, 0.29) is 22.6 Å². The normalized spacial score (nSPS) is 13.1. The maximum atomic E-state index is 13.8. The van der Waals surface area contributed by atoms with E-state index in [1.165, 1.54) is 72.6 Å². The molecular weight excluding hydrogens is 1550 g/mol. The van der Waals surface area contributed by atoms with Gasteiger partial charge >= 0.3 is 12.4 Å². The fraction of sp³-hybridized carbons (Fsp3) is 0.152. The van der Waals surface area contributed by atoms with Gasteiger partial charge in [0.05, 0.1) is 61.7 Å². The molecule has 17 aromatic rings. The topological polar surface area (TPSA) is 214 Å². The van der Waals surface area contributed by atoms with Crippen LogP contribution in [0.4, 0.5) is 81.1 Å². The zero-order chi connectivity index (χ0) is 81.0. The minimum Gasteiger partial charge on any atom is -0.338 e. The molecule has 8 heterocycles. The second kappa shape index (κ2) is 33.5. The third kappa shape index (κ3) is 16.8. The number of para-hydroxylation sites is 2. The maximum absolute atomic E-state index is 13.8. The number of hydrogen-bond acceptors (Lipinski definition) is 12. The zero-order valence-corrected chi connectivity index (χ0v) is 64.4. The molecule has 0 fully saturated rings. The smallest absolute Gasteiger partial charge is 0.338 e. The third-order valence-corrected chi connectivity index (χ3v) is 21.8. The lowest BCUT2D eigenvalue weighted by molar-refractivity contribution is -0.137. The summed E-state index contributed by atoms with van der Waals surface area (Å²) >= 11 is 12.9. The van der Waals surface area contributed by atoms with Crippen molar-refractivity contribution in [2.75, 3.05) is 21.3 Å². The molecule has 590 valence electrons. The van der Waals surface area contributed by atoms with E-state index in [9.17, 15) is 35.1 Å². The number of rotatable bonds is 13. The van der Waals surface area contributed by atoms with Crippen molar-refractivity contribution in [1.29, 1.82) is 0 Å². The van der Waals surface area contributed by atoms with Crippen LogP contribution >= 0.6 is 23.2 Å². The van der Waals surface area contributed by atoms with Gasteiger partial charge in [-0.15, -0.1) is 0 Å². The summed E-state index contributed by atoms with van der Waals surface area (Å²) in [5.41, 5.74) is 17.2. The number of H-pyrrole nitrogens is 4. The van der Waals surface area contributed by atoms with Crippen LogP contribution in [0.25, 0.3) is 99.9 Å². The van der Waals surface area contributed by atoms with E-state index in [1.54, 1.807) is 36.4 Å². The van der Waals surface area contributed by atoms with E-state index < -0.39 is 29.3 Å². The summed E-state index contributed by atoms with van der Waals surface area (Å²) in [6.45, 7) is 0. The fourth-order valence-electron chi connectivity index (χ4n) is 15.4. The van der Waals surface area contributed by atoms with Crippen LogP contribution in [0.15, 0.2) is 243 Å². The maximum Gasteiger partial charge on any atom is 0.417 e. The van der Waals surface area contributed by atoms with Crippen molar-refractivity contribution in [2.45, 2.75) is 89.4 Å². The van der Waals surface area contributed by atoms with Crippen molar-refractivity contribution in [3.63, 3.8) is 0 Å². The molecule has 26 heteroatoms. The number of aromatic amines is 4. The molecule has 3 aliphatic carbocycles. The lowest BCUT2D eigenvalue weighted by Crippen LogP contribution is -2.12. The van der Waals surface area contributed by atoms with Gasteiger partial charge < -0.3 is 21.3 Å². The van der Waals surface area contributed by atoms with Crippen molar-refractivity contribution in [3.05, 3.63) is 309 Å². The number of aryl methyl sites for hydroxylation is 3. The predicted octanol–water partition coefficient (Wildman–Crippen LogP) is 25.4. The molecule has 9 aromatic carbocycles. The molecule has 0 saturated carbocycles. The van der Waals surface area contributed by atoms with Gasteiger partial charge in [-0.2, -0.15) is 46.7 Å². The van der Waals surface area contributed by atoms with E-state index in [1.807, 2.05) is 133 Å². The standard InChI is InChI=1S/C24H16ClFN4.C23H18F4N4.C23H19F3N4.C22H19ClN4/c25-20-9-5-4-8-18(20)23-14-17(13-22(28-23)15-6-2-1-3-7-15)27-24-19-12-16(26)10-11-21(19)29-30-24;24-13-9-10-19-16(11-13)22(31-30-19)29-21-12-20(28-18-8-4-2-6-15(18)21)14-5-1-3-7-17(14)23(25,26)27;24-23(25,26)17-10-4-1-7-14(17)20-13-21(15-8-2-5-11-18(15)27-20)28-22-16-9-3-6-12-19(16)29-30-22;23-17-10-4-1-7-14(17)20-13-21(15-8-2-5-11-18(15)24-20)25-22-16-9-3-6-12-19(16)26-27-22/h1-14H,(H2,27,28,29,30);1,3,5,7,9-12H,2,4,6,8H2,(H2,28,29,30,31);1,3-4,6-7,9-10,12-13H,2,5,8,11H2,(H2,27,28,29,30);1,3-4,6-7,9-10,12-13H,2,5,8,11H2,(H2,24,25,26,27). The molecule has 8 N–H and O–H groups in total. The highest BCUT2D eigenvalue weighted by Crippen LogP contribution is 2.44. The second-order valence-electron chi connectivity index (χ2n) is 28.9. The molecule has 0 amide bonds. The zero-order valence-electron chi connectivity index (χ0n) is 62.9. The van der Waals surface area contributed by atoms with Crippen LogP contribution in [0.5, 0.6) is 0 Å². The van der Waals surface area contributed by atoms with Gasteiger partial charge in [-0.25, -0.2) is 13.8 Å². The lowest BCUT2D eigenvalue weighted by Gasteiger charge is -2.21. The Morgan fingerprint density at radius 2 is 0.627 bits per heavy atom. The average molecular weight is 1620 g/mol. The summed E-state index contributed by atoms with van der Waals surface area (Å²) in [6, 6.07) is 70.4. The number of aromatic nitrogens is 12. The number of nitrogens with zero attached hydrogens (tertiary/aromatic N) is 8. The van der Waals surface area contributed by atoms with Crippen LogP contribution in [0.3, 0.4) is 0 Å². The largest absolute Gasteiger partial charge is 0.417 e. The minimum absolute atomic E-state index is 0.0318. The highest BCUT2D eigenvalue weighted by Gasteiger charge is 2.36. The molecular formula is C92H72Cl2F8N16. The van der Waals surface area contributed by atoms with Crippen LogP contribution in [-0.2, 0) is 50.9 Å².